The Balaban J connectivity index is 2.04. The van der Waals surface area contributed by atoms with Crippen LogP contribution >= 0.6 is 0 Å². The maximum Gasteiger partial charge on any atom is 0.323 e. The zero-order chi connectivity index (χ0) is 15.2. The number of nitrogens with two attached hydrogens (primary N) is 1. The Bertz CT molecular complexity index is 593. The summed E-state index contributed by atoms with van der Waals surface area (Å²) in [5, 5.41) is 0. The van der Waals surface area contributed by atoms with Crippen molar-refractivity contribution in [2.24, 2.45) is 5.73 Å². The van der Waals surface area contributed by atoms with Crippen LogP contribution in [0.3, 0.4) is 0 Å². The normalized spacial score (nSPS) is 12.1. The van der Waals surface area contributed by atoms with Gasteiger partial charge in [-0.15, -0.1) is 0 Å². The molecule has 2 N–H and O–H groups in total. The van der Waals surface area contributed by atoms with E-state index in [1.807, 2.05) is 22.9 Å². The van der Waals surface area contributed by atoms with Crippen LogP contribution in [0.15, 0.2) is 42.6 Å². The molecule has 0 amide bonds. The van der Waals surface area contributed by atoms with E-state index in [1.54, 1.807) is 19.1 Å². The Labute approximate surface area is 123 Å². The van der Waals surface area contributed by atoms with Crippen molar-refractivity contribution in [1.82, 2.24) is 4.57 Å². The topological polar surface area (TPSA) is 57.2 Å². The molecule has 0 saturated carbocycles. The number of hydrogen-bond donors (Lipinski definition) is 1. The van der Waals surface area contributed by atoms with Crippen molar-refractivity contribution in [3.8, 4) is 0 Å². The first-order valence-electron chi connectivity index (χ1n) is 6.91. The SMILES string of the molecule is CCOC(=O)C(N)Cc1cccn1Cc1ccc(F)cc1. The molecule has 0 aliphatic heterocycles. The zero-order valence-electron chi connectivity index (χ0n) is 12.0. The molecule has 0 saturated heterocycles. The van der Waals surface area contributed by atoms with E-state index in [-0.39, 0.29) is 5.82 Å². The Hall–Kier alpha value is -2.14. The van der Waals surface area contributed by atoms with E-state index in [9.17, 15) is 9.18 Å². The molecule has 2 rings (SSSR count). The van der Waals surface area contributed by atoms with E-state index >= 15 is 0 Å². The molecule has 0 fully saturated rings. The predicted octanol–water partition coefficient (Wildman–Crippen LogP) is 2.11. The number of aromatic nitrogens is 1. The Morgan fingerprint density at radius 3 is 2.71 bits per heavy atom. The van der Waals surface area contributed by atoms with Gasteiger partial charge in [-0.2, -0.15) is 0 Å². The molecule has 0 aliphatic rings. The molecule has 0 spiro atoms. The molecule has 1 aromatic heterocycles. The molecule has 1 atom stereocenters. The van der Waals surface area contributed by atoms with Crippen molar-refractivity contribution < 1.29 is 13.9 Å². The van der Waals surface area contributed by atoms with Crippen molar-refractivity contribution >= 4 is 5.97 Å². The molecule has 0 radical (unpaired) electrons. The smallest absolute Gasteiger partial charge is 0.323 e. The lowest BCUT2D eigenvalue weighted by atomic mass is 10.1. The standard InChI is InChI=1S/C16H19FN2O2/c1-2-21-16(20)15(18)10-14-4-3-9-19(14)11-12-5-7-13(17)8-6-12/h3-9,15H,2,10-11,18H2,1H3. The van der Waals surface area contributed by atoms with Gasteiger partial charge in [0.1, 0.15) is 11.9 Å². The molecule has 2 aromatic rings. The van der Waals surface area contributed by atoms with E-state index in [0.717, 1.165) is 11.3 Å². The van der Waals surface area contributed by atoms with Crippen LogP contribution < -0.4 is 5.73 Å². The molecule has 0 aliphatic carbocycles. The molecule has 1 heterocycles. The van der Waals surface area contributed by atoms with E-state index in [4.69, 9.17) is 10.5 Å². The Morgan fingerprint density at radius 1 is 1.33 bits per heavy atom. The highest BCUT2D eigenvalue weighted by Gasteiger charge is 2.16. The first kappa shape index (κ1) is 15.3. The molecule has 112 valence electrons. The average Bonchev–Trinajstić information content (AvgIpc) is 2.89. The molecule has 4 nitrogen and oxygen atoms in total. The highest BCUT2D eigenvalue weighted by atomic mass is 19.1. The summed E-state index contributed by atoms with van der Waals surface area (Å²) in [5.41, 5.74) is 7.77. The molecule has 1 aromatic carbocycles. The van der Waals surface area contributed by atoms with Crippen molar-refractivity contribution in [3.63, 3.8) is 0 Å². The van der Waals surface area contributed by atoms with Crippen LogP contribution in [0.2, 0.25) is 0 Å². The lowest BCUT2D eigenvalue weighted by molar-refractivity contribution is -0.144. The minimum absolute atomic E-state index is 0.254. The maximum atomic E-state index is 12.9. The van der Waals surface area contributed by atoms with Gasteiger partial charge in [-0.25, -0.2) is 4.39 Å². The first-order chi connectivity index (χ1) is 10.1. The minimum atomic E-state index is -0.674. The molecular formula is C16H19FN2O2. The van der Waals surface area contributed by atoms with Crippen LogP contribution in [0.1, 0.15) is 18.2 Å². The summed E-state index contributed by atoms with van der Waals surface area (Å²) in [6, 6.07) is 9.49. The largest absolute Gasteiger partial charge is 0.465 e. The van der Waals surface area contributed by atoms with Crippen molar-refractivity contribution in [2.75, 3.05) is 6.61 Å². The van der Waals surface area contributed by atoms with Gasteiger partial charge in [-0.1, -0.05) is 12.1 Å². The minimum Gasteiger partial charge on any atom is -0.465 e. The van der Waals surface area contributed by atoms with Gasteiger partial charge in [0.25, 0.3) is 0 Å². The third-order valence-electron chi connectivity index (χ3n) is 3.21. The highest BCUT2D eigenvalue weighted by Crippen LogP contribution is 2.11. The summed E-state index contributed by atoms with van der Waals surface area (Å²) < 4.78 is 19.8. The van der Waals surface area contributed by atoms with Crippen LogP contribution in [0.4, 0.5) is 4.39 Å². The lowest BCUT2D eigenvalue weighted by Crippen LogP contribution is -2.35. The summed E-state index contributed by atoms with van der Waals surface area (Å²) in [5.74, 6) is -0.650. The van der Waals surface area contributed by atoms with Crippen LogP contribution in [-0.4, -0.2) is 23.2 Å². The number of carbonyl (C=O) groups excluding carboxylic acids is 1. The van der Waals surface area contributed by atoms with Crippen molar-refractivity contribution in [3.05, 3.63) is 59.7 Å². The van der Waals surface area contributed by atoms with Crippen molar-refractivity contribution in [1.29, 1.82) is 0 Å². The predicted molar refractivity (Wildman–Crippen MR) is 78.2 cm³/mol. The van der Waals surface area contributed by atoms with Gasteiger partial charge in [0, 0.05) is 24.9 Å². The highest BCUT2D eigenvalue weighted by molar-refractivity contribution is 5.75. The van der Waals surface area contributed by atoms with Crippen LogP contribution in [-0.2, 0) is 22.5 Å². The second-order valence-electron chi connectivity index (χ2n) is 4.82. The second kappa shape index (κ2) is 7.04. The fourth-order valence-electron chi connectivity index (χ4n) is 2.13. The number of hydrogen-bond acceptors (Lipinski definition) is 3. The zero-order valence-corrected chi connectivity index (χ0v) is 12.0. The Kier molecular flexibility index (Phi) is 5.11. The van der Waals surface area contributed by atoms with Gasteiger partial charge >= 0.3 is 5.97 Å². The number of carbonyl (C=O) groups is 1. The number of halogens is 1. The molecule has 21 heavy (non-hydrogen) atoms. The third-order valence-corrected chi connectivity index (χ3v) is 3.21. The number of nitrogens with zero attached hydrogens (tertiary/aromatic N) is 1. The number of esters is 1. The number of benzene rings is 1. The fourth-order valence-corrected chi connectivity index (χ4v) is 2.13. The van der Waals surface area contributed by atoms with E-state index < -0.39 is 12.0 Å². The molecule has 0 bridgehead atoms. The number of ether oxygens (including phenoxy) is 1. The lowest BCUT2D eigenvalue weighted by Gasteiger charge is -2.13. The van der Waals surface area contributed by atoms with Gasteiger partial charge in [-0.3, -0.25) is 4.79 Å². The van der Waals surface area contributed by atoms with Crippen LogP contribution in [0, 0.1) is 5.82 Å². The van der Waals surface area contributed by atoms with Gasteiger partial charge in [0.05, 0.1) is 6.61 Å². The molecular weight excluding hydrogens is 271 g/mol. The fraction of sp³-hybridized carbons (Fsp3) is 0.312. The van der Waals surface area contributed by atoms with Gasteiger partial charge in [0.2, 0.25) is 0 Å². The third kappa shape index (κ3) is 4.16. The van der Waals surface area contributed by atoms with Crippen molar-refractivity contribution in [2.45, 2.75) is 25.9 Å². The quantitative estimate of drug-likeness (QED) is 0.829. The van der Waals surface area contributed by atoms with Gasteiger partial charge in [0.15, 0.2) is 0 Å². The average molecular weight is 290 g/mol. The number of rotatable bonds is 6. The van der Waals surface area contributed by atoms with Gasteiger partial charge in [-0.05, 0) is 36.8 Å². The van der Waals surface area contributed by atoms with E-state index in [0.29, 0.717) is 19.6 Å². The monoisotopic (exact) mass is 290 g/mol. The molecule has 1 unspecified atom stereocenters. The summed E-state index contributed by atoms with van der Waals surface area (Å²) in [6.45, 7) is 2.68. The summed E-state index contributed by atoms with van der Waals surface area (Å²) in [7, 11) is 0. The first-order valence-corrected chi connectivity index (χ1v) is 6.91. The summed E-state index contributed by atoms with van der Waals surface area (Å²) in [4.78, 5) is 11.6. The Morgan fingerprint density at radius 2 is 2.05 bits per heavy atom. The van der Waals surface area contributed by atoms with E-state index in [2.05, 4.69) is 0 Å². The summed E-state index contributed by atoms with van der Waals surface area (Å²) in [6.07, 6.45) is 2.32. The second-order valence-corrected chi connectivity index (χ2v) is 4.82. The summed E-state index contributed by atoms with van der Waals surface area (Å²) >= 11 is 0. The molecule has 5 heteroatoms. The van der Waals surface area contributed by atoms with Gasteiger partial charge < -0.3 is 15.0 Å². The maximum absolute atomic E-state index is 12.9. The van der Waals surface area contributed by atoms with E-state index in [1.165, 1.54) is 12.1 Å². The van der Waals surface area contributed by atoms with Crippen LogP contribution in [0.5, 0.6) is 0 Å². The van der Waals surface area contributed by atoms with Crippen LogP contribution in [0.25, 0.3) is 0 Å².